The van der Waals surface area contributed by atoms with Gasteiger partial charge in [-0.15, -0.1) is 0 Å². The maximum Gasteiger partial charge on any atom is 0.262 e. The molecule has 168 valence electrons. The van der Waals surface area contributed by atoms with Gasteiger partial charge in [0.15, 0.2) is 18.1 Å². The van der Waals surface area contributed by atoms with Gasteiger partial charge in [-0.2, -0.15) is 0 Å². The van der Waals surface area contributed by atoms with Crippen LogP contribution in [0.2, 0.25) is 5.02 Å². The number of aryl methyl sites for hydroxylation is 2. The molecule has 0 atom stereocenters. The Morgan fingerprint density at radius 3 is 2.28 bits per heavy atom. The second-order valence-corrected chi connectivity index (χ2v) is 7.83. The highest BCUT2D eigenvalue weighted by Crippen LogP contribution is 2.29. The molecule has 1 amide bonds. The number of nitrogens with one attached hydrogen (secondary N) is 2. The molecule has 0 radical (unpaired) electrons. The highest BCUT2D eigenvalue weighted by molar-refractivity contribution is 6.31. The highest BCUT2D eigenvalue weighted by atomic mass is 35.5. The third-order valence-electron chi connectivity index (χ3n) is 4.98. The van der Waals surface area contributed by atoms with Gasteiger partial charge in [0.05, 0.1) is 6.61 Å². The smallest absolute Gasteiger partial charge is 0.262 e. The molecule has 3 aromatic rings. The summed E-state index contributed by atoms with van der Waals surface area (Å²) in [5.41, 5.74) is 5.01. The second-order valence-electron chi connectivity index (χ2n) is 7.42. The summed E-state index contributed by atoms with van der Waals surface area (Å²) in [4.78, 5) is 12.3. The standard InChI is InChI=1S/C26H29ClN2O3/c1-4-19-7-11-21(12-8-19)28-16-20-9-13-24(25(14-20)31-5-2)32-17-26(30)29-22-10-6-18(3)23(27)15-22/h6-15,28H,4-5,16-17H2,1-3H3,(H,29,30). The van der Waals surface area contributed by atoms with Crippen LogP contribution >= 0.6 is 11.6 Å². The van der Waals surface area contributed by atoms with E-state index in [4.69, 9.17) is 21.1 Å². The summed E-state index contributed by atoms with van der Waals surface area (Å²) < 4.78 is 11.5. The molecule has 0 aliphatic heterocycles. The molecule has 5 nitrogen and oxygen atoms in total. The molecule has 0 saturated carbocycles. The Balaban J connectivity index is 1.59. The van der Waals surface area contributed by atoms with E-state index >= 15 is 0 Å². The number of rotatable bonds is 10. The zero-order chi connectivity index (χ0) is 22.9. The number of halogens is 1. The molecule has 0 heterocycles. The van der Waals surface area contributed by atoms with Crippen molar-refractivity contribution in [3.05, 3.63) is 82.4 Å². The number of benzene rings is 3. The van der Waals surface area contributed by atoms with Crippen molar-refractivity contribution < 1.29 is 14.3 Å². The van der Waals surface area contributed by atoms with Crippen molar-refractivity contribution in [3.8, 4) is 11.5 Å². The van der Waals surface area contributed by atoms with Gasteiger partial charge in [-0.25, -0.2) is 0 Å². The largest absolute Gasteiger partial charge is 0.490 e. The number of carbonyl (C=O) groups is 1. The molecular weight excluding hydrogens is 424 g/mol. The molecule has 0 aliphatic carbocycles. The van der Waals surface area contributed by atoms with Gasteiger partial charge < -0.3 is 20.1 Å². The van der Waals surface area contributed by atoms with E-state index in [1.165, 1.54) is 5.56 Å². The minimum absolute atomic E-state index is 0.132. The fraction of sp³-hybridized carbons (Fsp3) is 0.269. The van der Waals surface area contributed by atoms with Crippen molar-refractivity contribution in [3.63, 3.8) is 0 Å². The van der Waals surface area contributed by atoms with Gasteiger partial charge in [-0.3, -0.25) is 4.79 Å². The lowest BCUT2D eigenvalue weighted by atomic mass is 10.1. The molecule has 0 bridgehead atoms. The van der Waals surface area contributed by atoms with Gasteiger partial charge >= 0.3 is 0 Å². The number of hydrogen-bond donors (Lipinski definition) is 2. The molecule has 2 N–H and O–H groups in total. The maximum atomic E-state index is 12.3. The van der Waals surface area contributed by atoms with Crippen LogP contribution < -0.4 is 20.1 Å². The first-order chi connectivity index (χ1) is 15.5. The van der Waals surface area contributed by atoms with Crippen LogP contribution in [0.1, 0.15) is 30.5 Å². The minimum atomic E-state index is -0.270. The first kappa shape index (κ1) is 23.5. The highest BCUT2D eigenvalue weighted by Gasteiger charge is 2.10. The van der Waals surface area contributed by atoms with Crippen LogP contribution in [0.4, 0.5) is 11.4 Å². The van der Waals surface area contributed by atoms with Crippen LogP contribution in [0, 0.1) is 6.92 Å². The number of carbonyl (C=O) groups excluding carboxylic acids is 1. The van der Waals surface area contributed by atoms with Crippen molar-refractivity contribution >= 4 is 28.9 Å². The van der Waals surface area contributed by atoms with Crippen LogP contribution in [0.5, 0.6) is 11.5 Å². The van der Waals surface area contributed by atoms with Crippen LogP contribution in [-0.4, -0.2) is 19.1 Å². The lowest BCUT2D eigenvalue weighted by Gasteiger charge is -2.14. The molecule has 0 aromatic heterocycles. The van der Waals surface area contributed by atoms with Crippen LogP contribution in [0.15, 0.2) is 60.7 Å². The van der Waals surface area contributed by atoms with E-state index in [9.17, 15) is 4.79 Å². The van der Waals surface area contributed by atoms with E-state index in [1.807, 2.05) is 44.2 Å². The van der Waals surface area contributed by atoms with E-state index in [0.717, 1.165) is 23.2 Å². The summed E-state index contributed by atoms with van der Waals surface area (Å²) >= 11 is 6.11. The first-order valence-electron chi connectivity index (χ1n) is 10.8. The Hall–Kier alpha value is -3.18. The third kappa shape index (κ3) is 6.66. The zero-order valence-corrected chi connectivity index (χ0v) is 19.5. The van der Waals surface area contributed by atoms with Crippen molar-refractivity contribution in [1.29, 1.82) is 0 Å². The van der Waals surface area contributed by atoms with Crippen molar-refractivity contribution in [2.45, 2.75) is 33.7 Å². The first-order valence-corrected chi connectivity index (χ1v) is 11.1. The van der Waals surface area contributed by atoms with Crippen LogP contribution in [0.3, 0.4) is 0 Å². The third-order valence-corrected chi connectivity index (χ3v) is 5.39. The van der Waals surface area contributed by atoms with Gasteiger partial charge in [0.2, 0.25) is 0 Å². The summed E-state index contributed by atoms with van der Waals surface area (Å²) in [7, 11) is 0. The van der Waals surface area contributed by atoms with Gasteiger partial charge in [-0.1, -0.05) is 42.8 Å². The number of amides is 1. The molecule has 0 aliphatic rings. The fourth-order valence-corrected chi connectivity index (χ4v) is 3.30. The average Bonchev–Trinajstić information content (AvgIpc) is 2.80. The number of anilines is 2. The molecule has 6 heteroatoms. The van der Waals surface area contributed by atoms with Gasteiger partial charge in [-0.05, 0) is 73.4 Å². The van der Waals surface area contributed by atoms with E-state index < -0.39 is 0 Å². The summed E-state index contributed by atoms with van der Waals surface area (Å²) in [5.74, 6) is 0.868. The molecule has 3 rings (SSSR count). The van der Waals surface area contributed by atoms with Crippen molar-refractivity contribution in [2.24, 2.45) is 0 Å². The second kappa shape index (κ2) is 11.4. The van der Waals surface area contributed by atoms with Gasteiger partial charge in [0.25, 0.3) is 5.91 Å². The normalized spacial score (nSPS) is 10.5. The topological polar surface area (TPSA) is 59.6 Å². The minimum Gasteiger partial charge on any atom is -0.490 e. The van der Waals surface area contributed by atoms with Crippen molar-refractivity contribution in [2.75, 3.05) is 23.8 Å². The number of ether oxygens (including phenoxy) is 2. The Bertz CT molecular complexity index is 1050. The van der Waals surface area contributed by atoms with E-state index in [-0.39, 0.29) is 12.5 Å². The summed E-state index contributed by atoms with van der Waals surface area (Å²) in [5, 5.41) is 6.81. The van der Waals surface area contributed by atoms with E-state index in [0.29, 0.717) is 35.4 Å². The average molecular weight is 453 g/mol. The molecular formula is C26H29ClN2O3. The zero-order valence-electron chi connectivity index (χ0n) is 18.7. The quantitative estimate of drug-likeness (QED) is 0.382. The molecule has 0 fully saturated rings. The maximum absolute atomic E-state index is 12.3. The molecule has 32 heavy (non-hydrogen) atoms. The van der Waals surface area contributed by atoms with E-state index in [1.54, 1.807) is 6.07 Å². The Morgan fingerprint density at radius 2 is 1.59 bits per heavy atom. The molecule has 0 unspecified atom stereocenters. The van der Waals surface area contributed by atoms with Crippen LogP contribution in [-0.2, 0) is 17.8 Å². The van der Waals surface area contributed by atoms with E-state index in [2.05, 4.69) is 41.8 Å². The number of hydrogen-bond acceptors (Lipinski definition) is 4. The summed E-state index contributed by atoms with van der Waals surface area (Å²) in [6.45, 7) is 6.99. The monoisotopic (exact) mass is 452 g/mol. The molecule has 0 saturated heterocycles. The SMILES string of the molecule is CCOc1cc(CNc2ccc(CC)cc2)ccc1OCC(=O)Nc1ccc(C)c(Cl)c1. The predicted octanol–water partition coefficient (Wildman–Crippen LogP) is 6.24. The fourth-order valence-electron chi connectivity index (χ4n) is 3.12. The summed E-state index contributed by atoms with van der Waals surface area (Å²) in [6.07, 6.45) is 1.02. The Kier molecular flexibility index (Phi) is 8.40. The van der Waals surface area contributed by atoms with Gasteiger partial charge in [0.1, 0.15) is 0 Å². The Labute approximate surface area is 194 Å². The lowest BCUT2D eigenvalue weighted by Crippen LogP contribution is -2.20. The molecule has 3 aromatic carbocycles. The van der Waals surface area contributed by atoms with Gasteiger partial charge in [0, 0.05) is 22.9 Å². The van der Waals surface area contributed by atoms with Crippen molar-refractivity contribution in [1.82, 2.24) is 0 Å². The predicted molar refractivity (Wildman–Crippen MR) is 131 cm³/mol. The summed E-state index contributed by atoms with van der Waals surface area (Å²) in [6, 6.07) is 19.5. The Morgan fingerprint density at radius 1 is 0.875 bits per heavy atom. The lowest BCUT2D eigenvalue weighted by molar-refractivity contribution is -0.118. The molecule has 0 spiro atoms. The van der Waals surface area contributed by atoms with Crippen LogP contribution in [0.25, 0.3) is 0 Å².